The van der Waals surface area contributed by atoms with Crippen molar-refractivity contribution in [2.24, 2.45) is 0 Å². The highest BCUT2D eigenvalue weighted by Crippen LogP contribution is 1.95. The first-order valence-electron chi connectivity index (χ1n) is 2.79. The van der Waals surface area contributed by atoms with Gasteiger partial charge in [0.1, 0.15) is 6.29 Å². The molecule has 9 heavy (non-hydrogen) atoms. The van der Waals surface area contributed by atoms with Crippen LogP contribution in [0.1, 0.15) is 13.8 Å². The van der Waals surface area contributed by atoms with Gasteiger partial charge in [0.15, 0.2) is 0 Å². The van der Waals surface area contributed by atoms with Gasteiger partial charge in [0.05, 0.1) is 12.1 Å². The summed E-state index contributed by atoms with van der Waals surface area (Å²) in [5.74, 6) is 2.51. The second-order valence-corrected chi connectivity index (χ2v) is 2.32. The summed E-state index contributed by atoms with van der Waals surface area (Å²) in [5, 5.41) is 2.85. The van der Waals surface area contributed by atoms with Crippen LogP contribution in [-0.4, -0.2) is 18.4 Å². The lowest BCUT2D eigenvalue weighted by atomic mass is 10.1. The fourth-order valence-corrected chi connectivity index (χ4v) is 0.348. The fraction of sp³-hybridized carbons (Fsp3) is 0.571. The van der Waals surface area contributed by atoms with Gasteiger partial charge in [-0.2, -0.15) is 0 Å². The molecule has 0 spiro atoms. The van der Waals surface area contributed by atoms with Crippen molar-refractivity contribution in [1.29, 1.82) is 0 Å². The molecule has 0 atom stereocenters. The summed E-state index contributed by atoms with van der Waals surface area (Å²) >= 11 is 0. The van der Waals surface area contributed by atoms with Crippen molar-refractivity contribution in [3.05, 3.63) is 0 Å². The van der Waals surface area contributed by atoms with E-state index in [1.165, 1.54) is 0 Å². The second kappa shape index (κ2) is 3.26. The Morgan fingerprint density at radius 2 is 2.33 bits per heavy atom. The molecule has 0 radical (unpaired) electrons. The van der Waals surface area contributed by atoms with Crippen molar-refractivity contribution in [3.8, 4) is 12.3 Å². The van der Waals surface area contributed by atoms with Gasteiger partial charge in [0.2, 0.25) is 0 Å². The number of terminal acetylenes is 1. The van der Waals surface area contributed by atoms with Crippen LogP contribution in [0, 0.1) is 12.3 Å². The number of rotatable bonds is 3. The zero-order chi connectivity index (χ0) is 7.33. The normalized spacial score (nSPS) is 10.3. The van der Waals surface area contributed by atoms with E-state index in [4.69, 9.17) is 6.42 Å². The van der Waals surface area contributed by atoms with E-state index in [1.807, 2.05) is 13.8 Å². The summed E-state index contributed by atoms with van der Waals surface area (Å²) in [6.45, 7) is 4.00. The number of carbonyl (C=O) groups excluding carboxylic acids is 1. The molecule has 0 fully saturated rings. The summed E-state index contributed by atoms with van der Waals surface area (Å²) < 4.78 is 0. The highest BCUT2D eigenvalue weighted by Gasteiger charge is 2.10. The topological polar surface area (TPSA) is 29.1 Å². The van der Waals surface area contributed by atoms with E-state index in [9.17, 15) is 4.79 Å². The molecule has 50 valence electrons. The van der Waals surface area contributed by atoms with E-state index in [-0.39, 0.29) is 5.54 Å². The number of hydrogen-bond donors (Lipinski definition) is 1. The number of aldehydes is 1. The lowest BCUT2D eigenvalue weighted by Crippen LogP contribution is -2.38. The predicted molar refractivity (Wildman–Crippen MR) is 37.0 cm³/mol. The van der Waals surface area contributed by atoms with Crippen LogP contribution in [-0.2, 0) is 4.79 Å². The summed E-state index contributed by atoms with van der Waals surface area (Å²) in [7, 11) is 0. The van der Waals surface area contributed by atoms with Gasteiger partial charge in [-0.15, -0.1) is 6.42 Å². The standard InChI is InChI=1S/C7H11NO/c1-4-7(2,3)8-5-6-9/h1,6,8H,5H2,2-3H3. The van der Waals surface area contributed by atoms with Crippen molar-refractivity contribution < 1.29 is 4.79 Å². The third kappa shape index (κ3) is 3.75. The Kier molecular flexibility index (Phi) is 2.97. The third-order valence-corrected chi connectivity index (χ3v) is 0.988. The lowest BCUT2D eigenvalue weighted by molar-refractivity contribution is -0.107. The number of hydrogen-bond acceptors (Lipinski definition) is 2. The first kappa shape index (κ1) is 8.19. The van der Waals surface area contributed by atoms with E-state index >= 15 is 0 Å². The Hall–Kier alpha value is -0.810. The number of carbonyl (C=O) groups is 1. The number of nitrogens with one attached hydrogen (secondary N) is 1. The van der Waals surface area contributed by atoms with E-state index in [0.29, 0.717) is 6.54 Å². The van der Waals surface area contributed by atoms with Gasteiger partial charge >= 0.3 is 0 Å². The van der Waals surface area contributed by atoms with Crippen molar-refractivity contribution in [2.75, 3.05) is 6.54 Å². The Labute approximate surface area is 55.6 Å². The van der Waals surface area contributed by atoms with Gasteiger partial charge < -0.3 is 4.79 Å². The molecule has 0 aliphatic carbocycles. The Morgan fingerprint density at radius 1 is 1.78 bits per heavy atom. The largest absolute Gasteiger partial charge is 0.302 e. The molecule has 0 unspecified atom stereocenters. The second-order valence-electron chi connectivity index (χ2n) is 2.32. The quantitative estimate of drug-likeness (QED) is 0.431. The zero-order valence-corrected chi connectivity index (χ0v) is 5.77. The average molecular weight is 125 g/mol. The molecule has 0 amide bonds. The smallest absolute Gasteiger partial charge is 0.133 e. The van der Waals surface area contributed by atoms with Crippen molar-refractivity contribution in [3.63, 3.8) is 0 Å². The summed E-state index contributed by atoms with van der Waals surface area (Å²) in [4.78, 5) is 9.84. The molecule has 0 aromatic rings. The fourth-order valence-electron chi connectivity index (χ4n) is 0.348. The van der Waals surface area contributed by atoms with Crippen molar-refractivity contribution in [2.45, 2.75) is 19.4 Å². The van der Waals surface area contributed by atoms with Crippen LogP contribution in [0.15, 0.2) is 0 Å². The van der Waals surface area contributed by atoms with E-state index in [0.717, 1.165) is 6.29 Å². The van der Waals surface area contributed by atoms with Gasteiger partial charge in [0.25, 0.3) is 0 Å². The van der Waals surface area contributed by atoms with Crippen LogP contribution >= 0.6 is 0 Å². The molecule has 2 heteroatoms. The molecule has 2 nitrogen and oxygen atoms in total. The van der Waals surface area contributed by atoms with Gasteiger partial charge in [-0.3, -0.25) is 5.32 Å². The Balaban J connectivity index is 3.61. The van der Waals surface area contributed by atoms with E-state index in [1.54, 1.807) is 0 Å². The SMILES string of the molecule is C#CC(C)(C)NCC=O. The van der Waals surface area contributed by atoms with Crippen LogP contribution < -0.4 is 5.32 Å². The first-order valence-corrected chi connectivity index (χ1v) is 2.79. The summed E-state index contributed by atoms with van der Waals surface area (Å²) in [6.07, 6.45) is 5.91. The first-order chi connectivity index (χ1) is 4.12. The molecule has 0 heterocycles. The highest BCUT2D eigenvalue weighted by molar-refractivity contribution is 5.52. The molecule has 0 saturated carbocycles. The van der Waals surface area contributed by atoms with Gasteiger partial charge in [0, 0.05) is 0 Å². The molecule has 0 aromatic heterocycles. The summed E-state index contributed by atoms with van der Waals surface area (Å²) in [6, 6.07) is 0. The predicted octanol–water partition coefficient (Wildman–Crippen LogP) is 0.187. The Morgan fingerprint density at radius 3 is 2.67 bits per heavy atom. The minimum absolute atomic E-state index is 0.317. The molecule has 0 rings (SSSR count). The van der Waals surface area contributed by atoms with Gasteiger partial charge in [-0.25, -0.2) is 0 Å². The molecular formula is C7H11NO. The van der Waals surface area contributed by atoms with Crippen LogP contribution in [0.4, 0.5) is 0 Å². The molecule has 0 aliphatic heterocycles. The molecule has 0 aromatic carbocycles. The molecule has 1 N–H and O–H groups in total. The maximum absolute atomic E-state index is 9.84. The average Bonchev–Trinajstić information content (AvgIpc) is 1.84. The molecule has 0 bridgehead atoms. The highest BCUT2D eigenvalue weighted by atomic mass is 16.1. The molecular weight excluding hydrogens is 114 g/mol. The maximum Gasteiger partial charge on any atom is 0.133 e. The van der Waals surface area contributed by atoms with Crippen LogP contribution in [0.3, 0.4) is 0 Å². The van der Waals surface area contributed by atoms with Crippen LogP contribution in [0.5, 0.6) is 0 Å². The van der Waals surface area contributed by atoms with E-state index < -0.39 is 0 Å². The maximum atomic E-state index is 9.84. The minimum atomic E-state index is -0.360. The molecule has 0 aliphatic rings. The van der Waals surface area contributed by atoms with Gasteiger partial charge in [-0.1, -0.05) is 5.92 Å². The van der Waals surface area contributed by atoms with E-state index in [2.05, 4.69) is 11.2 Å². The van der Waals surface area contributed by atoms with Crippen molar-refractivity contribution >= 4 is 6.29 Å². The van der Waals surface area contributed by atoms with Crippen LogP contribution in [0.25, 0.3) is 0 Å². The van der Waals surface area contributed by atoms with Crippen molar-refractivity contribution in [1.82, 2.24) is 5.32 Å². The van der Waals surface area contributed by atoms with Crippen LogP contribution in [0.2, 0.25) is 0 Å². The molecule has 0 saturated heterocycles. The lowest BCUT2D eigenvalue weighted by Gasteiger charge is -2.16. The third-order valence-electron chi connectivity index (χ3n) is 0.988. The Bertz CT molecular complexity index is 132. The zero-order valence-electron chi connectivity index (χ0n) is 5.77. The monoisotopic (exact) mass is 125 g/mol. The van der Waals surface area contributed by atoms with Gasteiger partial charge in [-0.05, 0) is 13.8 Å². The summed E-state index contributed by atoms with van der Waals surface area (Å²) in [5.41, 5.74) is -0.360. The minimum Gasteiger partial charge on any atom is -0.302 e.